The second-order valence-corrected chi connectivity index (χ2v) is 10.5. The molecule has 11 heteroatoms. The normalized spacial score (nSPS) is 16.6. The van der Waals surface area contributed by atoms with Crippen LogP contribution in [-0.4, -0.2) is 45.9 Å². The summed E-state index contributed by atoms with van der Waals surface area (Å²) in [4.78, 5) is 32.5. The van der Waals surface area contributed by atoms with E-state index in [4.69, 9.17) is 16.3 Å². The van der Waals surface area contributed by atoms with Crippen molar-refractivity contribution in [1.82, 2.24) is 4.90 Å². The van der Waals surface area contributed by atoms with Crippen LogP contribution in [0.2, 0.25) is 0 Å². The summed E-state index contributed by atoms with van der Waals surface area (Å²) in [7, 11) is 0. The second-order valence-electron chi connectivity index (χ2n) is 8.89. The van der Waals surface area contributed by atoms with E-state index in [-0.39, 0.29) is 24.0 Å². The lowest BCUT2D eigenvalue weighted by molar-refractivity contribution is -0.129. The van der Waals surface area contributed by atoms with Crippen LogP contribution in [0, 0.1) is 0 Å². The predicted octanol–water partition coefficient (Wildman–Crippen LogP) is 6.85. The number of nitrogens with one attached hydrogen (secondary N) is 1. The summed E-state index contributed by atoms with van der Waals surface area (Å²) in [6, 6.07) is 22.3. The lowest BCUT2D eigenvalue weighted by Crippen LogP contribution is -2.46. The first-order chi connectivity index (χ1) is 19.2. The molecule has 1 N–H and O–H groups in total. The fraction of sp³-hybridized carbons (Fsp3) is 0.276. The molecule has 0 bridgehead atoms. The van der Waals surface area contributed by atoms with Crippen molar-refractivity contribution in [1.29, 1.82) is 0 Å². The van der Waals surface area contributed by atoms with Gasteiger partial charge in [0.2, 0.25) is 11.8 Å². The van der Waals surface area contributed by atoms with E-state index < -0.39 is 10.8 Å². The fourth-order valence-electron chi connectivity index (χ4n) is 3.86. The maximum atomic E-state index is 13.3. The van der Waals surface area contributed by atoms with Gasteiger partial charge in [0.15, 0.2) is 5.17 Å². The largest absolute Gasteiger partial charge is 0.494 e. The molecule has 1 atom stereocenters. The molecule has 3 aromatic rings. The molecule has 4 rings (SSSR count). The minimum Gasteiger partial charge on any atom is -0.494 e. The van der Waals surface area contributed by atoms with Gasteiger partial charge in [0.25, 0.3) is 0 Å². The van der Waals surface area contributed by atoms with Crippen molar-refractivity contribution < 1.29 is 27.8 Å². The molecule has 1 unspecified atom stereocenters. The van der Waals surface area contributed by atoms with Crippen molar-refractivity contribution in [2.75, 3.05) is 18.5 Å². The number of rotatable bonds is 11. The molecule has 0 radical (unpaired) electrons. The van der Waals surface area contributed by atoms with E-state index in [1.165, 1.54) is 36.0 Å². The summed E-state index contributed by atoms with van der Waals surface area (Å²) in [5.41, 5.74) is -1.81. The van der Waals surface area contributed by atoms with Gasteiger partial charge in [0.1, 0.15) is 16.7 Å². The highest BCUT2D eigenvalue weighted by atomic mass is 35.5. The molecule has 0 aliphatic carbocycles. The summed E-state index contributed by atoms with van der Waals surface area (Å²) in [6.45, 7) is 2.98. The summed E-state index contributed by atoms with van der Waals surface area (Å²) in [5, 5.41) is 2.49. The number of carbonyl (C=O) groups excluding carboxylic acids is 2. The SMILES string of the molecule is CCCOc1ccc(NC(=O)C2CC(=O)N(CCc3ccccc3)C(=Nc3ccc(OC(F)(F)Cl)cc3)S2)cc1. The lowest BCUT2D eigenvalue weighted by atomic mass is 10.1. The minimum absolute atomic E-state index is 0.000410. The number of halogens is 3. The first kappa shape index (κ1) is 29.4. The molecule has 3 aromatic carbocycles. The third-order valence-corrected chi connectivity index (χ3v) is 7.05. The van der Waals surface area contributed by atoms with E-state index in [2.05, 4.69) is 15.0 Å². The number of thioether (sulfide) groups is 1. The summed E-state index contributed by atoms with van der Waals surface area (Å²) in [5.74, 6) is 0.0000584. The number of benzene rings is 3. The van der Waals surface area contributed by atoms with Gasteiger partial charge in [-0.2, -0.15) is 0 Å². The number of nitrogens with zero attached hydrogens (tertiary/aromatic N) is 2. The van der Waals surface area contributed by atoms with Gasteiger partial charge in [0.05, 0.1) is 12.3 Å². The highest BCUT2D eigenvalue weighted by Gasteiger charge is 2.36. The molecule has 1 heterocycles. The number of hydrogen-bond donors (Lipinski definition) is 1. The van der Waals surface area contributed by atoms with Crippen molar-refractivity contribution in [2.45, 2.75) is 37.0 Å². The van der Waals surface area contributed by atoms with Crippen molar-refractivity contribution in [3.8, 4) is 11.5 Å². The van der Waals surface area contributed by atoms with E-state index in [0.717, 1.165) is 12.0 Å². The number of aliphatic imine (C=N–C) groups is 1. The Morgan fingerprint density at radius 1 is 1.07 bits per heavy atom. The standard InChI is InChI=1S/C29H28ClF2N3O4S/c1-2-18-38-23-12-8-21(9-13-23)33-27(37)25-19-26(36)35(17-16-20-6-4-3-5-7-20)28(40-25)34-22-10-14-24(15-11-22)39-29(30,31)32/h3-15,25H,2,16-19H2,1H3,(H,33,37). The van der Waals surface area contributed by atoms with Gasteiger partial charge in [-0.15, -0.1) is 8.78 Å². The molecule has 0 aromatic heterocycles. The third-order valence-electron chi connectivity index (χ3n) is 5.79. The van der Waals surface area contributed by atoms with E-state index in [1.54, 1.807) is 29.2 Å². The molecular formula is C29H28ClF2N3O4S. The van der Waals surface area contributed by atoms with Gasteiger partial charge in [-0.25, -0.2) is 4.99 Å². The maximum absolute atomic E-state index is 13.3. The fourth-order valence-corrected chi connectivity index (χ4v) is 5.07. The number of carbonyl (C=O) groups is 2. The van der Waals surface area contributed by atoms with Crippen LogP contribution < -0.4 is 14.8 Å². The van der Waals surface area contributed by atoms with E-state index in [9.17, 15) is 18.4 Å². The molecule has 1 aliphatic heterocycles. The Balaban J connectivity index is 1.51. The Morgan fingerprint density at radius 3 is 2.40 bits per heavy atom. The Kier molecular flexibility index (Phi) is 10.0. The Hall–Kier alpha value is -3.63. The smallest absolute Gasteiger partial charge is 0.487 e. The molecule has 210 valence electrons. The number of alkyl halides is 3. The van der Waals surface area contributed by atoms with Crippen LogP contribution in [0.25, 0.3) is 0 Å². The second kappa shape index (κ2) is 13.6. The molecular weight excluding hydrogens is 560 g/mol. The molecule has 0 saturated carbocycles. The van der Waals surface area contributed by atoms with Gasteiger partial charge in [-0.3, -0.25) is 14.5 Å². The van der Waals surface area contributed by atoms with E-state index in [0.29, 0.717) is 41.9 Å². The van der Waals surface area contributed by atoms with Crippen LogP contribution in [-0.2, 0) is 16.0 Å². The number of amidine groups is 1. The first-order valence-electron chi connectivity index (χ1n) is 12.7. The Labute approximate surface area is 240 Å². The summed E-state index contributed by atoms with van der Waals surface area (Å²) < 4.78 is 35.9. The zero-order valence-electron chi connectivity index (χ0n) is 21.7. The predicted molar refractivity (Wildman–Crippen MR) is 154 cm³/mol. The lowest BCUT2D eigenvalue weighted by Gasteiger charge is -2.32. The monoisotopic (exact) mass is 587 g/mol. The minimum atomic E-state index is -3.84. The van der Waals surface area contributed by atoms with Crippen molar-refractivity contribution >= 4 is 51.7 Å². The third kappa shape index (κ3) is 8.69. The van der Waals surface area contributed by atoms with Crippen LogP contribution in [0.4, 0.5) is 20.2 Å². The van der Waals surface area contributed by atoms with Gasteiger partial charge in [-0.05, 0) is 66.9 Å². The molecule has 40 heavy (non-hydrogen) atoms. The average Bonchev–Trinajstić information content (AvgIpc) is 2.93. The van der Waals surface area contributed by atoms with Crippen LogP contribution >= 0.6 is 23.4 Å². The number of ether oxygens (including phenoxy) is 2. The number of amides is 2. The number of hydrogen-bond acceptors (Lipinski definition) is 6. The highest BCUT2D eigenvalue weighted by molar-refractivity contribution is 8.15. The van der Waals surface area contributed by atoms with Gasteiger partial charge in [-0.1, -0.05) is 49.0 Å². The van der Waals surface area contributed by atoms with E-state index in [1.807, 2.05) is 37.3 Å². The Bertz CT molecular complexity index is 1320. The van der Waals surface area contributed by atoms with Gasteiger partial charge < -0.3 is 14.8 Å². The van der Waals surface area contributed by atoms with Gasteiger partial charge in [0, 0.05) is 30.3 Å². The first-order valence-corrected chi connectivity index (χ1v) is 13.9. The molecule has 1 saturated heterocycles. The molecule has 1 fully saturated rings. The molecule has 1 aliphatic rings. The Morgan fingerprint density at radius 2 is 1.75 bits per heavy atom. The molecule has 0 spiro atoms. The molecule has 7 nitrogen and oxygen atoms in total. The van der Waals surface area contributed by atoms with Crippen LogP contribution in [0.1, 0.15) is 25.3 Å². The summed E-state index contributed by atoms with van der Waals surface area (Å²) in [6.07, 6.45) is 1.48. The van der Waals surface area contributed by atoms with E-state index >= 15 is 0 Å². The van der Waals surface area contributed by atoms with Gasteiger partial charge >= 0.3 is 5.57 Å². The van der Waals surface area contributed by atoms with Crippen LogP contribution in [0.15, 0.2) is 83.9 Å². The van der Waals surface area contributed by atoms with Crippen molar-refractivity contribution in [3.05, 3.63) is 84.4 Å². The maximum Gasteiger partial charge on any atom is 0.487 e. The summed E-state index contributed by atoms with van der Waals surface area (Å²) >= 11 is 6.02. The highest BCUT2D eigenvalue weighted by Crippen LogP contribution is 2.32. The zero-order chi connectivity index (χ0) is 28.5. The topological polar surface area (TPSA) is 80.2 Å². The number of anilines is 1. The van der Waals surface area contributed by atoms with Crippen molar-refractivity contribution in [2.24, 2.45) is 4.99 Å². The van der Waals surface area contributed by atoms with Crippen molar-refractivity contribution in [3.63, 3.8) is 0 Å². The zero-order valence-corrected chi connectivity index (χ0v) is 23.3. The average molecular weight is 588 g/mol. The molecule has 2 amide bonds. The quantitative estimate of drug-likeness (QED) is 0.248. The van der Waals surface area contributed by atoms with Crippen LogP contribution in [0.3, 0.4) is 0 Å². The van der Waals surface area contributed by atoms with Crippen LogP contribution in [0.5, 0.6) is 11.5 Å².